The van der Waals surface area contributed by atoms with Crippen molar-refractivity contribution in [2.45, 2.75) is 19.1 Å². The molecule has 18 heavy (non-hydrogen) atoms. The fourth-order valence-corrected chi connectivity index (χ4v) is 2.30. The molecule has 1 fully saturated rings. The Hall–Kier alpha value is -1.46. The maximum Gasteiger partial charge on any atom is 0.307 e. The number of methoxy groups -OCH3 is 1. The van der Waals surface area contributed by atoms with Crippen molar-refractivity contribution in [2.24, 2.45) is 5.92 Å². The molecule has 1 aliphatic rings. The van der Waals surface area contributed by atoms with E-state index in [0.717, 1.165) is 0 Å². The van der Waals surface area contributed by atoms with Crippen LogP contribution in [0, 0.1) is 11.7 Å². The highest BCUT2D eigenvalue weighted by Gasteiger charge is 2.31. The Morgan fingerprint density at radius 2 is 2.39 bits per heavy atom. The first-order valence-corrected chi connectivity index (χ1v) is 5.86. The summed E-state index contributed by atoms with van der Waals surface area (Å²) >= 11 is 0. The normalized spacial score (nSPS) is 23.2. The number of nitrogens with one attached hydrogen (secondary N) is 1. The van der Waals surface area contributed by atoms with E-state index < -0.39 is 11.9 Å². The molecule has 2 unspecified atom stereocenters. The molecule has 2 N–H and O–H groups in total. The van der Waals surface area contributed by atoms with E-state index in [1.165, 1.54) is 7.11 Å². The summed E-state index contributed by atoms with van der Waals surface area (Å²) in [6.45, 7) is 0.600. The van der Waals surface area contributed by atoms with Crippen LogP contribution in [-0.2, 0) is 16.1 Å². The monoisotopic (exact) mass is 253 g/mol. The summed E-state index contributed by atoms with van der Waals surface area (Å²) in [6, 6.07) is 4.90. The van der Waals surface area contributed by atoms with Crippen LogP contribution < -0.4 is 5.32 Å². The van der Waals surface area contributed by atoms with Crippen molar-refractivity contribution in [3.63, 3.8) is 0 Å². The maximum atomic E-state index is 14.2. The van der Waals surface area contributed by atoms with E-state index in [2.05, 4.69) is 5.32 Å². The lowest BCUT2D eigenvalue weighted by Gasteiger charge is -2.14. The van der Waals surface area contributed by atoms with E-state index in [9.17, 15) is 9.18 Å². The van der Waals surface area contributed by atoms with Gasteiger partial charge in [0, 0.05) is 30.8 Å². The van der Waals surface area contributed by atoms with Gasteiger partial charge in [-0.25, -0.2) is 4.39 Å². The number of benzene rings is 1. The van der Waals surface area contributed by atoms with Crippen LogP contribution in [0.15, 0.2) is 18.2 Å². The van der Waals surface area contributed by atoms with Crippen LogP contribution in [0.4, 0.5) is 4.39 Å². The van der Waals surface area contributed by atoms with Crippen LogP contribution in [-0.4, -0.2) is 24.7 Å². The van der Waals surface area contributed by atoms with Gasteiger partial charge in [-0.3, -0.25) is 4.79 Å². The van der Waals surface area contributed by atoms with Gasteiger partial charge in [-0.15, -0.1) is 0 Å². The summed E-state index contributed by atoms with van der Waals surface area (Å²) in [6.07, 6.45) is 0.419. The Labute approximate surface area is 105 Å². The second-order valence-corrected chi connectivity index (χ2v) is 4.49. The lowest BCUT2D eigenvalue weighted by atomic mass is 9.98. The van der Waals surface area contributed by atoms with Crippen LogP contribution in [0.1, 0.15) is 23.6 Å². The van der Waals surface area contributed by atoms with E-state index in [4.69, 9.17) is 9.84 Å². The largest absolute Gasteiger partial charge is 0.481 e. The second kappa shape index (κ2) is 5.46. The zero-order valence-electron chi connectivity index (χ0n) is 10.1. The van der Waals surface area contributed by atoms with Gasteiger partial charge in [0.25, 0.3) is 0 Å². The molecule has 1 saturated heterocycles. The second-order valence-electron chi connectivity index (χ2n) is 4.49. The van der Waals surface area contributed by atoms with E-state index in [-0.39, 0.29) is 18.5 Å². The molecule has 0 saturated carbocycles. The molecule has 1 heterocycles. The number of aliphatic carboxylic acids is 1. The fourth-order valence-electron chi connectivity index (χ4n) is 2.30. The standard InChI is InChI=1S/C13H16FNO3/c1-18-7-8-3-2-4-10(12(8)14)11-5-9(6-15-11)13(16)17/h2-4,9,11,15H,5-7H2,1H3,(H,16,17). The van der Waals surface area contributed by atoms with Crippen molar-refractivity contribution in [2.75, 3.05) is 13.7 Å². The van der Waals surface area contributed by atoms with Crippen LogP contribution >= 0.6 is 0 Å². The molecule has 0 aromatic heterocycles. The molecule has 2 rings (SSSR count). The molecular formula is C13H16FNO3. The van der Waals surface area contributed by atoms with Crippen LogP contribution in [0.3, 0.4) is 0 Å². The Kier molecular flexibility index (Phi) is 3.93. The number of rotatable bonds is 4. The summed E-state index contributed by atoms with van der Waals surface area (Å²) in [4.78, 5) is 10.9. The summed E-state index contributed by atoms with van der Waals surface area (Å²) in [5, 5.41) is 12.0. The van der Waals surface area contributed by atoms with Gasteiger partial charge in [-0.05, 0) is 6.42 Å². The van der Waals surface area contributed by atoms with Crippen molar-refractivity contribution in [1.82, 2.24) is 5.32 Å². The molecule has 5 heteroatoms. The average Bonchev–Trinajstić information content (AvgIpc) is 2.81. The van der Waals surface area contributed by atoms with Crippen LogP contribution in [0.25, 0.3) is 0 Å². The first-order chi connectivity index (χ1) is 8.63. The summed E-state index contributed by atoms with van der Waals surface area (Å²) < 4.78 is 19.1. The lowest BCUT2D eigenvalue weighted by molar-refractivity contribution is -0.141. The zero-order valence-corrected chi connectivity index (χ0v) is 10.1. The number of carboxylic acid groups (broad SMARTS) is 1. The van der Waals surface area contributed by atoms with Gasteiger partial charge in [0.15, 0.2) is 0 Å². The third-order valence-electron chi connectivity index (χ3n) is 3.26. The van der Waals surface area contributed by atoms with Gasteiger partial charge in [-0.2, -0.15) is 0 Å². The van der Waals surface area contributed by atoms with E-state index in [0.29, 0.717) is 24.1 Å². The highest BCUT2D eigenvalue weighted by atomic mass is 19.1. The minimum Gasteiger partial charge on any atom is -0.481 e. The first kappa shape index (κ1) is 13.0. The molecule has 1 aromatic carbocycles. The van der Waals surface area contributed by atoms with Crippen molar-refractivity contribution in [1.29, 1.82) is 0 Å². The molecule has 4 nitrogen and oxygen atoms in total. The van der Waals surface area contributed by atoms with Gasteiger partial charge in [0.2, 0.25) is 0 Å². The minimum absolute atomic E-state index is 0.217. The number of carboxylic acids is 1. The number of hydrogen-bond donors (Lipinski definition) is 2. The van der Waals surface area contributed by atoms with E-state index in [1.54, 1.807) is 18.2 Å². The Morgan fingerprint density at radius 1 is 1.61 bits per heavy atom. The molecular weight excluding hydrogens is 237 g/mol. The summed E-state index contributed by atoms with van der Waals surface area (Å²) in [7, 11) is 1.51. The maximum absolute atomic E-state index is 14.2. The average molecular weight is 253 g/mol. The SMILES string of the molecule is COCc1cccc(C2CC(C(=O)O)CN2)c1F. The molecule has 0 aliphatic carbocycles. The topological polar surface area (TPSA) is 58.6 Å². The molecule has 1 aromatic rings. The quantitative estimate of drug-likeness (QED) is 0.857. The molecule has 1 aliphatic heterocycles. The predicted molar refractivity (Wildman–Crippen MR) is 63.6 cm³/mol. The van der Waals surface area contributed by atoms with Gasteiger partial charge < -0.3 is 15.2 Å². The van der Waals surface area contributed by atoms with Gasteiger partial charge in [0.1, 0.15) is 5.82 Å². The predicted octanol–water partition coefficient (Wildman–Crippen LogP) is 1.71. The zero-order chi connectivity index (χ0) is 13.1. The number of halogens is 1. The molecule has 98 valence electrons. The van der Waals surface area contributed by atoms with Crippen molar-refractivity contribution in [3.8, 4) is 0 Å². The fraction of sp³-hybridized carbons (Fsp3) is 0.462. The van der Waals surface area contributed by atoms with Crippen molar-refractivity contribution >= 4 is 5.97 Å². The molecule has 0 radical (unpaired) electrons. The molecule has 0 bridgehead atoms. The molecule has 0 amide bonds. The lowest BCUT2D eigenvalue weighted by Crippen LogP contribution is -2.18. The number of hydrogen-bond acceptors (Lipinski definition) is 3. The summed E-state index contributed by atoms with van der Waals surface area (Å²) in [5.74, 6) is -1.58. The Balaban J connectivity index is 2.19. The van der Waals surface area contributed by atoms with E-state index >= 15 is 0 Å². The first-order valence-electron chi connectivity index (χ1n) is 5.86. The number of carbonyl (C=O) groups is 1. The minimum atomic E-state index is -0.835. The van der Waals surface area contributed by atoms with Crippen molar-refractivity contribution in [3.05, 3.63) is 35.1 Å². The Bertz CT molecular complexity index is 450. The van der Waals surface area contributed by atoms with Gasteiger partial charge in [0.05, 0.1) is 12.5 Å². The smallest absolute Gasteiger partial charge is 0.307 e. The van der Waals surface area contributed by atoms with Crippen molar-refractivity contribution < 1.29 is 19.0 Å². The Morgan fingerprint density at radius 3 is 3.00 bits per heavy atom. The molecule has 2 atom stereocenters. The highest BCUT2D eigenvalue weighted by Crippen LogP contribution is 2.30. The van der Waals surface area contributed by atoms with Crippen LogP contribution in [0.5, 0.6) is 0 Å². The van der Waals surface area contributed by atoms with Gasteiger partial charge in [-0.1, -0.05) is 18.2 Å². The molecule has 0 spiro atoms. The third-order valence-corrected chi connectivity index (χ3v) is 3.26. The third kappa shape index (κ3) is 2.52. The van der Waals surface area contributed by atoms with E-state index in [1.807, 2.05) is 0 Å². The van der Waals surface area contributed by atoms with Crippen LogP contribution in [0.2, 0.25) is 0 Å². The highest BCUT2D eigenvalue weighted by molar-refractivity contribution is 5.70. The van der Waals surface area contributed by atoms with Gasteiger partial charge >= 0.3 is 5.97 Å². The number of ether oxygens (including phenoxy) is 1. The summed E-state index contributed by atoms with van der Waals surface area (Å²) in [5.41, 5.74) is 1.02.